The number of aromatic nitrogens is 4. The third kappa shape index (κ3) is 6.74. The van der Waals surface area contributed by atoms with E-state index in [1.165, 1.54) is 70.0 Å². The topological polar surface area (TPSA) is 35.6 Å². The standard InChI is InChI=1S/C64H44N4Si/c1-5-17-51(18-6-1)67-60-27-15-13-25-56(60)58-41-48(35-39-62(58)67)49-36-40-63-59(42-49)57-26-14-16-28-61(57)68(63)64-65-43-50(44-66-64)47-31-29-45(30-32-47)46-33-37-55(38-34-46)69(52-19-7-2-8-20-52,53-21-9-3-10-22-53)54-23-11-4-12-24-54/h1-44H/q-1. The zero-order valence-corrected chi connectivity index (χ0v) is 38.7. The first-order chi connectivity index (χ1) is 34.2. The lowest BCUT2D eigenvalue weighted by Gasteiger charge is -2.47. The van der Waals surface area contributed by atoms with Crippen LogP contribution in [0, 0.1) is 0 Å². The van der Waals surface area contributed by atoms with Crippen LogP contribution in [0.15, 0.2) is 267 Å². The Labute approximate surface area is 401 Å². The van der Waals surface area contributed by atoms with Crippen LogP contribution in [0.3, 0.4) is 0 Å². The van der Waals surface area contributed by atoms with E-state index < -0.39 is 8.07 Å². The highest BCUT2D eigenvalue weighted by Crippen LogP contribution is 2.38. The van der Waals surface area contributed by atoms with Crippen LogP contribution in [0.2, 0.25) is 0 Å². The minimum absolute atomic E-state index is 0.644. The van der Waals surface area contributed by atoms with Gasteiger partial charge < -0.3 is 4.57 Å². The zero-order valence-electron chi connectivity index (χ0n) is 37.7. The fourth-order valence-corrected chi connectivity index (χ4v) is 15.5. The van der Waals surface area contributed by atoms with Gasteiger partial charge in [0.15, 0.2) is 0 Å². The van der Waals surface area contributed by atoms with E-state index in [1.54, 1.807) is 0 Å². The van der Waals surface area contributed by atoms with Crippen LogP contribution in [0.5, 0.6) is 0 Å². The van der Waals surface area contributed by atoms with Crippen LogP contribution >= 0.6 is 0 Å². The van der Waals surface area contributed by atoms with Gasteiger partial charge in [-0.25, -0.2) is 9.97 Å². The van der Waals surface area contributed by atoms with E-state index in [4.69, 9.17) is 9.97 Å². The third-order valence-corrected chi connectivity index (χ3v) is 18.8. The van der Waals surface area contributed by atoms with Crippen molar-refractivity contribution in [2.24, 2.45) is 0 Å². The molecule has 0 aliphatic rings. The molecule has 0 fully saturated rings. The highest BCUT2D eigenvalue weighted by Gasteiger charge is 2.28. The maximum Gasteiger partial charge on any atom is 0.234 e. The Balaban J connectivity index is 0.810. The van der Waals surface area contributed by atoms with Crippen molar-refractivity contribution in [1.29, 1.82) is 0 Å². The molecule has 0 saturated carbocycles. The molecule has 0 bridgehead atoms. The Kier molecular flexibility index (Phi) is 9.81. The minimum Gasteiger partial charge on any atom is -0.309 e. The van der Waals surface area contributed by atoms with E-state index in [2.05, 4.69) is 264 Å². The van der Waals surface area contributed by atoms with E-state index >= 15 is 0 Å². The zero-order chi connectivity index (χ0) is 45.7. The summed E-state index contributed by atoms with van der Waals surface area (Å²) in [5.74, 6) is 0.644. The second kappa shape index (κ2) is 16.8. The first kappa shape index (κ1) is 40.4. The number of hydrogen-bond donors (Lipinski definition) is 0. The van der Waals surface area contributed by atoms with E-state index in [1.807, 2.05) is 12.4 Å². The van der Waals surface area contributed by atoms with Gasteiger partial charge in [0, 0.05) is 45.2 Å². The Morgan fingerprint density at radius 3 is 1.10 bits per heavy atom. The van der Waals surface area contributed by atoms with Crippen molar-refractivity contribution < 1.29 is 0 Å². The maximum absolute atomic E-state index is 5.01. The van der Waals surface area contributed by atoms with Gasteiger partial charge in [-0.05, 0) is 84.4 Å². The lowest BCUT2D eigenvalue weighted by Crippen LogP contribution is -2.74. The number of hydrogen-bond acceptors (Lipinski definition) is 2. The fraction of sp³-hybridized carbons (Fsp3) is 0. The van der Waals surface area contributed by atoms with Crippen LogP contribution in [-0.2, 0) is 0 Å². The molecule has 0 aliphatic heterocycles. The van der Waals surface area contributed by atoms with Gasteiger partial charge in [0.2, 0.25) is 5.95 Å². The molecule has 325 valence electrons. The Bertz CT molecular complexity index is 3860. The van der Waals surface area contributed by atoms with Gasteiger partial charge in [-0.15, -0.1) is 0 Å². The maximum atomic E-state index is 5.01. The minimum atomic E-state index is -2.59. The van der Waals surface area contributed by atoms with Gasteiger partial charge in [-0.3, -0.25) is 4.57 Å². The van der Waals surface area contributed by atoms with Crippen LogP contribution in [0.25, 0.3) is 88.6 Å². The second-order valence-corrected chi connectivity index (χ2v) is 21.6. The number of benzene rings is 10. The highest BCUT2D eigenvalue weighted by atomic mass is 28.3. The molecular formula is C64H44N4Si-. The molecule has 10 aromatic carbocycles. The summed E-state index contributed by atoms with van der Waals surface area (Å²) in [6.45, 7) is 0. The van der Waals surface area contributed by atoms with Gasteiger partial charge in [-0.1, -0.05) is 206 Å². The molecule has 0 amide bonds. The molecule has 0 N–H and O–H groups in total. The molecule has 0 unspecified atom stereocenters. The summed E-state index contributed by atoms with van der Waals surface area (Å²) in [5, 5.41) is 10.3. The van der Waals surface area contributed by atoms with Gasteiger partial charge in [0.25, 0.3) is 0 Å². The molecule has 0 spiro atoms. The quantitative estimate of drug-likeness (QED) is 0.107. The van der Waals surface area contributed by atoms with Gasteiger partial charge in [-0.2, -0.15) is 20.7 Å². The van der Waals surface area contributed by atoms with Crippen molar-refractivity contribution in [2.45, 2.75) is 0 Å². The number of fused-ring (bicyclic) bond motifs is 6. The molecule has 3 aromatic heterocycles. The first-order valence-electron chi connectivity index (χ1n) is 23.5. The summed E-state index contributed by atoms with van der Waals surface area (Å²) >= 11 is 0. The molecule has 4 nitrogen and oxygen atoms in total. The van der Waals surface area contributed by atoms with Crippen LogP contribution < -0.4 is 20.7 Å². The van der Waals surface area contributed by atoms with E-state index in [0.29, 0.717) is 5.95 Å². The largest absolute Gasteiger partial charge is 0.309 e. The van der Waals surface area contributed by atoms with E-state index in [0.717, 1.165) is 33.4 Å². The average Bonchev–Trinajstić information content (AvgIpc) is 3.95. The summed E-state index contributed by atoms with van der Waals surface area (Å²) in [4.78, 5) is 10.0. The Morgan fingerprint density at radius 1 is 0.261 bits per heavy atom. The van der Waals surface area contributed by atoms with Gasteiger partial charge >= 0.3 is 0 Å². The molecule has 0 atom stereocenters. The molecule has 3 heterocycles. The van der Waals surface area contributed by atoms with E-state index in [-0.39, 0.29) is 0 Å². The lowest BCUT2D eigenvalue weighted by molar-refractivity contribution is 0.990. The molecule has 0 saturated heterocycles. The van der Waals surface area contributed by atoms with Crippen molar-refractivity contribution in [3.8, 4) is 45.0 Å². The Morgan fingerprint density at radius 2 is 0.609 bits per heavy atom. The van der Waals surface area contributed by atoms with Crippen LogP contribution in [0.4, 0.5) is 0 Å². The predicted octanol–water partition coefficient (Wildman–Crippen LogP) is 13.0. The molecule has 13 rings (SSSR count). The molecule has 69 heavy (non-hydrogen) atoms. The molecular weight excluding hydrogens is 853 g/mol. The van der Waals surface area contributed by atoms with Crippen molar-refractivity contribution in [2.75, 3.05) is 0 Å². The number of rotatable bonds is 9. The fourth-order valence-electron chi connectivity index (χ4n) is 10.8. The second-order valence-electron chi connectivity index (χ2n) is 17.8. The summed E-state index contributed by atoms with van der Waals surface area (Å²) in [6, 6.07) is 92.8. The Hall–Kier alpha value is -8.90. The van der Waals surface area contributed by atoms with Gasteiger partial charge in [0.1, 0.15) is 0 Å². The summed E-state index contributed by atoms with van der Waals surface area (Å²) in [6.07, 6.45) is 3.90. The molecule has 0 radical (unpaired) electrons. The first-order valence-corrected chi connectivity index (χ1v) is 25.5. The van der Waals surface area contributed by atoms with Crippen LogP contribution in [-0.4, -0.2) is 27.2 Å². The van der Waals surface area contributed by atoms with Crippen molar-refractivity contribution >= 4 is 72.4 Å². The molecule has 13 aromatic rings. The summed E-state index contributed by atoms with van der Waals surface area (Å²) in [5.41, 5.74) is 12.4. The normalized spacial score (nSPS) is 11.8. The monoisotopic (exact) mass is 896 g/mol. The summed E-state index contributed by atoms with van der Waals surface area (Å²) in [7, 11) is -2.59. The highest BCUT2D eigenvalue weighted by molar-refractivity contribution is 7.19. The average molecular weight is 897 g/mol. The van der Waals surface area contributed by atoms with Crippen molar-refractivity contribution in [1.82, 2.24) is 19.1 Å². The SMILES string of the molecule is c1ccc(-n2c3ccccc3c3cc(-c4ccc5c(c4)c4ccccc4n5-c4ncc(-c5ccc(-c6ccc([Si-](c7ccccc7)(c7ccccc7)c7ccccc7)cc6)cc5)cn4)ccc32)cc1. The summed E-state index contributed by atoms with van der Waals surface area (Å²) < 4.78 is 4.55. The third-order valence-electron chi connectivity index (χ3n) is 14.0. The van der Waals surface area contributed by atoms with Gasteiger partial charge in [0.05, 0.1) is 22.1 Å². The van der Waals surface area contributed by atoms with Crippen LogP contribution in [0.1, 0.15) is 0 Å². The molecule has 0 aliphatic carbocycles. The predicted molar refractivity (Wildman–Crippen MR) is 291 cm³/mol. The molecule has 5 heteroatoms. The lowest BCUT2D eigenvalue weighted by atomic mass is 10.0. The van der Waals surface area contributed by atoms with Crippen molar-refractivity contribution in [3.05, 3.63) is 267 Å². The van der Waals surface area contributed by atoms with E-state index in [9.17, 15) is 0 Å². The smallest absolute Gasteiger partial charge is 0.234 e. The number of nitrogens with zero attached hydrogens (tertiary/aromatic N) is 4. The number of para-hydroxylation sites is 3. The van der Waals surface area contributed by atoms with Crippen molar-refractivity contribution in [3.63, 3.8) is 0 Å².